The number of halogens is 3. The summed E-state index contributed by atoms with van der Waals surface area (Å²) in [4.78, 5) is 16.3. The van der Waals surface area contributed by atoms with Gasteiger partial charge >= 0.3 is 0 Å². The zero-order valence-corrected chi connectivity index (χ0v) is 13.4. The highest BCUT2D eigenvalue weighted by Crippen LogP contribution is 2.26. The van der Waals surface area contributed by atoms with Gasteiger partial charge in [0.05, 0.1) is 10.7 Å². The summed E-state index contributed by atoms with van der Waals surface area (Å²) in [5.74, 6) is 0.208. The molecular formula is C14H12Cl3N3O. The maximum absolute atomic E-state index is 12.2. The molecule has 0 saturated carbocycles. The topological polar surface area (TPSA) is 54.0 Å². The molecular weight excluding hydrogens is 333 g/mol. The summed E-state index contributed by atoms with van der Waals surface area (Å²) in [6.07, 6.45) is 0. The van der Waals surface area contributed by atoms with Crippen LogP contribution in [0, 0.1) is 0 Å². The Bertz CT molecular complexity index is 677. The van der Waals surface area contributed by atoms with Gasteiger partial charge in [-0.15, -0.1) is 0 Å². The van der Waals surface area contributed by atoms with Crippen molar-refractivity contribution in [1.82, 2.24) is 4.98 Å². The van der Waals surface area contributed by atoms with Crippen molar-refractivity contribution in [2.75, 3.05) is 17.2 Å². The predicted octanol–water partition coefficient (Wildman–Crippen LogP) is 4.73. The highest BCUT2D eigenvalue weighted by Gasteiger charge is 2.11. The lowest BCUT2D eigenvalue weighted by molar-refractivity contribution is 0.102. The summed E-state index contributed by atoms with van der Waals surface area (Å²) in [6, 6.07) is 7.95. The van der Waals surface area contributed by atoms with E-state index in [1.165, 1.54) is 6.07 Å². The molecule has 0 unspecified atom stereocenters. The minimum atomic E-state index is -0.331. The number of anilines is 2. The molecule has 1 aromatic carbocycles. The average Bonchev–Trinajstić information content (AvgIpc) is 2.41. The van der Waals surface area contributed by atoms with Crippen molar-refractivity contribution in [3.63, 3.8) is 0 Å². The lowest BCUT2D eigenvalue weighted by Gasteiger charge is -2.09. The Morgan fingerprint density at radius 3 is 2.62 bits per heavy atom. The number of pyridine rings is 1. The number of carbonyl (C=O) groups is 1. The maximum Gasteiger partial charge on any atom is 0.255 e. The average molecular weight is 345 g/mol. The first-order chi connectivity index (χ1) is 9.99. The number of rotatable bonds is 4. The molecule has 0 saturated heterocycles. The van der Waals surface area contributed by atoms with Crippen molar-refractivity contribution in [3.05, 3.63) is 51.1 Å². The van der Waals surface area contributed by atoms with Crippen LogP contribution in [-0.4, -0.2) is 17.4 Å². The molecule has 0 bridgehead atoms. The van der Waals surface area contributed by atoms with Crippen LogP contribution in [0.3, 0.4) is 0 Å². The van der Waals surface area contributed by atoms with Crippen LogP contribution in [0.5, 0.6) is 0 Å². The zero-order chi connectivity index (χ0) is 15.4. The van der Waals surface area contributed by atoms with Crippen LogP contribution in [0.4, 0.5) is 11.5 Å². The third kappa shape index (κ3) is 4.24. The molecule has 0 aliphatic rings. The monoisotopic (exact) mass is 343 g/mol. The van der Waals surface area contributed by atoms with Gasteiger partial charge in [0.2, 0.25) is 0 Å². The predicted molar refractivity (Wildman–Crippen MR) is 87.8 cm³/mol. The fraction of sp³-hybridized carbons (Fsp3) is 0.143. The SMILES string of the molecule is CCNc1cc(C(=O)Nc2ccc(Cl)cc2Cl)cc(Cl)n1. The number of hydrogen-bond acceptors (Lipinski definition) is 3. The van der Waals surface area contributed by atoms with E-state index in [2.05, 4.69) is 15.6 Å². The Balaban J connectivity index is 2.23. The van der Waals surface area contributed by atoms with Gasteiger partial charge in [0.15, 0.2) is 0 Å². The highest BCUT2D eigenvalue weighted by atomic mass is 35.5. The molecule has 0 atom stereocenters. The minimum absolute atomic E-state index is 0.237. The molecule has 1 heterocycles. The number of carbonyl (C=O) groups excluding carboxylic acids is 1. The highest BCUT2D eigenvalue weighted by molar-refractivity contribution is 6.37. The Hall–Kier alpha value is -1.49. The summed E-state index contributed by atoms with van der Waals surface area (Å²) in [5, 5.41) is 6.81. The quantitative estimate of drug-likeness (QED) is 0.789. The summed E-state index contributed by atoms with van der Waals surface area (Å²) in [6.45, 7) is 2.60. The third-order valence-corrected chi connectivity index (χ3v) is 3.33. The van der Waals surface area contributed by atoms with Crippen molar-refractivity contribution < 1.29 is 4.79 Å². The largest absolute Gasteiger partial charge is 0.370 e. The molecule has 110 valence electrons. The molecule has 0 fully saturated rings. The number of benzene rings is 1. The van der Waals surface area contributed by atoms with Crippen molar-refractivity contribution in [3.8, 4) is 0 Å². The second-order valence-electron chi connectivity index (χ2n) is 4.17. The molecule has 2 rings (SSSR count). The Morgan fingerprint density at radius 1 is 1.19 bits per heavy atom. The van der Waals surface area contributed by atoms with Crippen molar-refractivity contribution >= 4 is 52.2 Å². The molecule has 0 aliphatic carbocycles. The molecule has 21 heavy (non-hydrogen) atoms. The Kier molecular flexibility index (Phi) is 5.28. The zero-order valence-electron chi connectivity index (χ0n) is 11.1. The van der Waals surface area contributed by atoms with E-state index in [-0.39, 0.29) is 11.1 Å². The van der Waals surface area contributed by atoms with E-state index in [1.807, 2.05) is 6.92 Å². The van der Waals surface area contributed by atoms with Crippen LogP contribution in [0.15, 0.2) is 30.3 Å². The van der Waals surface area contributed by atoms with Gasteiger partial charge in [-0.05, 0) is 37.3 Å². The molecule has 0 spiro atoms. The standard InChI is InChI=1S/C14H12Cl3N3O/c1-2-18-13-6-8(5-12(17)20-13)14(21)19-11-4-3-9(15)7-10(11)16/h3-7H,2H2,1H3,(H,18,20)(H,19,21). The van der Waals surface area contributed by atoms with E-state index in [4.69, 9.17) is 34.8 Å². The van der Waals surface area contributed by atoms with Gasteiger partial charge in [-0.2, -0.15) is 0 Å². The van der Waals surface area contributed by atoms with Gasteiger partial charge in [0.1, 0.15) is 11.0 Å². The van der Waals surface area contributed by atoms with E-state index in [0.29, 0.717) is 33.7 Å². The van der Waals surface area contributed by atoms with Crippen molar-refractivity contribution in [2.24, 2.45) is 0 Å². The number of hydrogen-bond donors (Lipinski definition) is 2. The molecule has 2 N–H and O–H groups in total. The third-order valence-electron chi connectivity index (χ3n) is 2.59. The van der Waals surface area contributed by atoms with E-state index in [0.717, 1.165) is 0 Å². The van der Waals surface area contributed by atoms with Crippen LogP contribution in [0.1, 0.15) is 17.3 Å². The van der Waals surface area contributed by atoms with E-state index in [1.54, 1.807) is 24.3 Å². The molecule has 7 heteroatoms. The first-order valence-electron chi connectivity index (χ1n) is 6.17. The van der Waals surface area contributed by atoms with Gasteiger partial charge in [-0.25, -0.2) is 4.98 Å². The lowest BCUT2D eigenvalue weighted by Crippen LogP contribution is -2.13. The van der Waals surface area contributed by atoms with Crippen LogP contribution in [0.25, 0.3) is 0 Å². The maximum atomic E-state index is 12.2. The van der Waals surface area contributed by atoms with Crippen LogP contribution in [-0.2, 0) is 0 Å². The van der Waals surface area contributed by atoms with Crippen LogP contribution in [0.2, 0.25) is 15.2 Å². The van der Waals surface area contributed by atoms with Crippen molar-refractivity contribution in [2.45, 2.75) is 6.92 Å². The molecule has 4 nitrogen and oxygen atoms in total. The van der Waals surface area contributed by atoms with Gasteiger partial charge < -0.3 is 10.6 Å². The summed E-state index contributed by atoms with van der Waals surface area (Å²) < 4.78 is 0. The second-order valence-corrected chi connectivity index (χ2v) is 5.40. The van der Waals surface area contributed by atoms with Gasteiger partial charge in [-0.3, -0.25) is 4.79 Å². The summed E-state index contributed by atoms with van der Waals surface area (Å²) >= 11 is 17.7. The van der Waals surface area contributed by atoms with Crippen LogP contribution < -0.4 is 10.6 Å². The first-order valence-corrected chi connectivity index (χ1v) is 7.31. The molecule has 0 radical (unpaired) electrons. The molecule has 0 aliphatic heterocycles. The van der Waals surface area contributed by atoms with Crippen LogP contribution >= 0.6 is 34.8 Å². The molecule has 1 amide bonds. The van der Waals surface area contributed by atoms with E-state index < -0.39 is 0 Å². The number of amides is 1. The summed E-state index contributed by atoms with van der Waals surface area (Å²) in [7, 11) is 0. The number of nitrogens with one attached hydrogen (secondary N) is 2. The van der Waals surface area contributed by atoms with E-state index >= 15 is 0 Å². The molecule has 2 aromatic rings. The molecule has 1 aromatic heterocycles. The van der Waals surface area contributed by atoms with E-state index in [9.17, 15) is 4.79 Å². The Morgan fingerprint density at radius 2 is 1.95 bits per heavy atom. The normalized spacial score (nSPS) is 10.3. The number of nitrogens with zero attached hydrogens (tertiary/aromatic N) is 1. The van der Waals surface area contributed by atoms with Gasteiger partial charge in [-0.1, -0.05) is 34.8 Å². The smallest absolute Gasteiger partial charge is 0.255 e. The van der Waals surface area contributed by atoms with Gasteiger partial charge in [0.25, 0.3) is 5.91 Å². The van der Waals surface area contributed by atoms with Crippen molar-refractivity contribution in [1.29, 1.82) is 0 Å². The minimum Gasteiger partial charge on any atom is -0.370 e. The lowest BCUT2D eigenvalue weighted by atomic mass is 10.2. The fourth-order valence-electron chi connectivity index (χ4n) is 1.69. The number of aromatic nitrogens is 1. The first kappa shape index (κ1) is 15.9. The summed E-state index contributed by atoms with van der Waals surface area (Å²) in [5.41, 5.74) is 0.862. The Labute approximate surface area is 137 Å². The van der Waals surface area contributed by atoms with Gasteiger partial charge in [0, 0.05) is 17.1 Å². The second kappa shape index (κ2) is 6.98. The fourth-order valence-corrected chi connectivity index (χ4v) is 2.35.